The largest absolute Gasteiger partial charge is 0.637 e. The second-order valence-corrected chi connectivity index (χ2v) is 12.6. The fraction of sp³-hybridized carbons (Fsp3) is 0.429. The van der Waals surface area contributed by atoms with E-state index in [-0.39, 0.29) is 12.2 Å². The molecule has 0 unspecified atom stereocenters. The predicted octanol–water partition coefficient (Wildman–Crippen LogP) is 7.62. The molecular weight excluding hydrogens is 641 g/mol. The summed E-state index contributed by atoms with van der Waals surface area (Å²) in [6.07, 6.45) is 1.64. The fourth-order valence-electron chi connectivity index (χ4n) is 6.14. The first-order chi connectivity index (χ1) is 24.7. The molecule has 0 saturated heterocycles. The van der Waals surface area contributed by atoms with Crippen molar-refractivity contribution in [2.75, 3.05) is 54.6 Å². The van der Waals surface area contributed by atoms with Crippen molar-refractivity contribution in [3.8, 4) is 23.0 Å². The van der Waals surface area contributed by atoms with Crippen LogP contribution in [0.5, 0.6) is 23.0 Å². The molecule has 51 heavy (non-hydrogen) atoms. The SMILES string of the molecule is CC[N+](CC)(CC)CC.COc1ccc(CC(Cc2ccc(OC)cc2)OB(O)OC(Cc2ccc(OC)cc2)Cc2ccc(OC)cc2)cc1. The van der Waals surface area contributed by atoms with E-state index in [2.05, 4.69) is 27.7 Å². The van der Waals surface area contributed by atoms with E-state index in [1.54, 1.807) is 28.4 Å². The van der Waals surface area contributed by atoms with Gasteiger partial charge in [0.15, 0.2) is 0 Å². The lowest BCUT2D eigenvalue weighted by molar-refractivity contribution is -0.921. The molecule has 0 aliphatic heterocycles. The summed E-state index contributed by atoms with van der Waals surface area (Å²) in [5, 5.41) is 11.1. The highest BCUT2D eigenvalue weighted by Gasteiger charge is 2.27. The summed E-state index contributed by atoms with van der Waals surface area (Å²) in [7, 11) is 5.16. The highest BCUT2D eigenvalue weighted by Crippen LogP contribution is 2.21. The van der Waals surface area contributed by atoms with Gasteiger partial charge in [-0.1, -0.05) is 48.5 Å². The van der Waals surface area contributed by atoms with Crippen LogP contribution in [0.3, 0.4) is 0 Å². The number of benzene rings is 4. The van der Waals surface area contributed by atoms with Gasteiger partial charge in [0.25, 0.3) is 0 Å². The monoisotopic (exact) mass is 700 g/mol. The maximum atomic E-state index is 11.1. The average Bonchev–Trinajstić information content (AvgIpc) is 3.17. The summed E-state index contributed by atoms with van der Waals surface area (Å²) >= 11 is 0. The third-order valence-corrected chi connectivity index (χ3v) is 9.79. The molecule has 8 nitrogen and oxygen atoms in total. The van der Waals surface area contributed by atoms with Crippen LogP contribution >= 0.6 is 0 Å². The summed E-state index contributed by atoms with van der Waals surface area (Å²) < 4.78 is 34.9. The van der Waals surface area contributed by atoms with Gasteiger partial charge in [-0.05, 0) is 124 Å². The Balaban J connectivity index is 0.000000688. The minimum absolute atomic E-state index is 0.343. The highest BCUT2D eigenvalue weighted by molar-refractivity contribution is 6.34. The number of methoxy groups -OCH3 is 4. The summed E-state index contributed by atoms with van der Waals surface area (Å²) in [5.41, 5.74) is 4.26. The molecule has 4 aromatic carbocycles. The normalized spacial score (nSPS) is 11.2. The zero-order valence-electron chi connectivity index (χ0n) is 32.0. The molecule has 0 heterocycles. The Bertz CT molecular complexity index is 1270. The van der Waals surface area contributed by atoms with Gasteiger partial charge in [0.1, 0.15) is 23.0 Å². The standard InChI is InChI=1S/C34H39BO7.C8H20N/c1-37-29-13-5-25(6-14-29)21-33(22-26-7-15-30(38-2)16-8-26)41-35(36)42-34(23-27-9-17-31(39-3)18-10-27)24-28-11-19-32(40-4)20-12-28;1-5-9(6-2,7-3)8-4/h5-20,33-34,36H,21-24H2,1-4H3;5-8H2,1-4H3/q;+1. The van der Waals surface area contributed by atoms with Crippen LogP contribution in [0.1, 0.15) is 49.9 Å². The number of hydrogen-bond donors (Lipinski definition) is 1. The van der Waals surface area contributed by atoms with Gasteiger partial charge in [0.2, 0.25) is 0 Å². The molecule has 0 bridgehead atoms. The Morgan fingerprint density at radius 2 is 0.647 bits per heavy atom. The van der Waals surface area contributed by atoms with Crippen molar-refractivity contribution in [1.29, 1.82) is 0 Å². The summed E-state index contributed by atoms with van der Waals surface area (Å²) in [6, 6.07) is 31.4. The van der Waals surface area contributed by atoms with Gasteiger partial charge in [-0.15, -0.1) is 0 Å². The fourth-order valence-corrected chi connectivity index (χ4v) is 6.14. The molecule has 0 amide bonds. The molecule has 9 heteroatoms. The van der Waals surface area contributed by atoms with E-state index in [9.17, 15) is 5.02 Å². The Morgan fingerprint density at radius 3 is 0.804 bits per heavy atom. The van der Waals surface area contributed by atoms with Crippen molar-refractivity contribution in [1.82, 2.24) is 0 Å². The maximum absolute atomic E-state index is 11.1. The molecule has 0 aromatic heterocycles. The van der Waals surface area contributed by atoms with E-state index in [4.69, 9.17) is 28.3 Å². The number of hydrogen-bond acceptors (Lipinski definition) is 7. The summed E-state index contributed by atoms with van der Waals surface area (Å²) in [4.78, 5) is 0. The topological polar surface area (TPSA) is 75.6 Å². The molecular formula is C42H59BNO7+. The smallest absolute Gasteiger partial charge is 0.497 e. The van der Waals surface area contributed by atoms with E-state index in [1.165, 1.54) is 30.7 Å². The van der Waals surface area contributed by atoms with Gasteiger partial charge < -0.3 is 37.8 Å². The molecule has 0 fully saturated rings. The van der Waals surface area contributed by atoms with E-state index < -0.39 is 7.32 Å². The molecule has 0 spiro atoms. The number of quaternary nitrogens is 1. The predicted molar refractivity (Wildman–Crippen MR) is 207 cm³/mol. The first-order valence-electron chi connectivity index (χ1n) is 18.1. The van der Waals surface area contributed by atoms with Crippen molar-refractivity contribution < 1.29 is 37.8 Å². The highest BCUT2D eigenvalue weighted by atomic mass is 16.7. The molecule has 0 saturated carbocycles. The van der Waals surface area contributed by atoms with Crippen LogP contribution < -0.4 is 18.9 Å². The average molecular weight is 701 g/mol. The van der Waals surface area contributed by atoms with Crippen molar-refractivity contribution in [3.63, 3.8) is 0 Å². The van der Waals surface area contributed by atoms with Gasteiger partial charge >= 0.3 is 7.32 Å². The van der Waals surface area contributed by atoms with Gasteiger partial charge in [0, 0.05) is 0 Å². The Hall–Kier alpha value is -4.02. The van der Waals surface area contributed by atoms with Crippen LogP contribution in [0.4, 0.5) is 0 Å². The third-order valence-electron chi connectivity index (χ3n) is 9.79. The molecule has 0 radical (unpaired) electrons. The lowest BCUT2D eigenvalue weighted by Gasteiger charge is -2.34. The first kappa shape index (κ1) is 41.4. The Kier molecular flexibility index (Phi) is 17.9. The van der Waals surface area contributed by atoms with Crippen molar-refractivity contribution in [2.45, 2.75) is 65.6 Å². The van der Waals surface area contributed by atoms with Crippen molar-refractivity contribution >= 4 is 7.32 Å². The second-order valence-electron chi connectivity index (χ2n) is 12.6. The number of rotatable bonds is 20. The maximum Gasteiger partial charge on any atom is 0.637 e. The van der Waals surface area contributed by atoms with Crippen LogP contribution in [0.2, 0.25) is 0 Å². The Morgan fingerprint density at radius 1 is 0.431 bits per heavy atom. The van der Waals surface area contributed by atoms with Crippen LogP contribution in [-0.2, 0) is 35.0 Å². The molecule has 0 aliphatic rings. The lowest BCUT2D eigenvalue weighted by Crippen LogP contribution is -2.47. The second kappa shape index (κ2) is 22.0. The summed E-state index contributed by atoms with van der Waals surface area (Å²) in [5.74, 6) is 3.15. The molecule has 4 rings (SSSR count). The molecule has 276 valence electrons. The number of ether oxygens (including phenoxy) is 4. The molecule has 4 aromatic rings. The van der Waals surface area contributed by atoms with E-state index in [1.807, 2.05) is 97.1 Å². The lowest BCUT2D eigenvalue weighted by atomic mass is 9.98. The van der Waals surface area contributed by atoms with Gasteiger partial charge in [0.05, 0.1) is 66.8 Å². The van der Waals surface area contributed by atoms with Crippen molar-refractivity contribution in [2.24, 2.45) is 0 Å². The third kappa shape index (κ3) is 13.9. The molecule has 0 atom stereocenters. The number of nitrogens with zero attached hydrogens (tertiary/aromatic N) is 1. The van der Waals surface area contributed by atoms with Crippen LogP contribution in [-0.4, -0.2) is 83.7 Å². The Labute approximate surface area is 307 Å². The summed E-state index contributed by atoms with van der Waals surface area (Å²) in [6.45, 7) is 14.2. The first-order valence-corrected chi connectivity index (χ1v) is 18.1. The van der Waals surface area contributed by atoms with Gasteiger partial charge in [-0.3, -0.25) is 0 Å². The van der Waals surface area contributed by atoms with Gasteiger partial charge in [-0.25, -0.2) is 0 Å². The molecule has 1 N–H and O–H groups in total. The zero-order valence-corrected chi connectivity index (χ0v) is 32.0. The van der Waals surface area contributed by atoms with Crippen LogP contribution in [0.15, 0.2) is 97.1 Å². The van der Waals surface area contributed by atoms with E-state index in [0.717, 1.165) is 45.3 Å². The zero-order chi connectivity index (χ0) is 37.1. The van der Waals surface area contributed by atoms with E-state index >= 15 is 0 Å². The van der Waals surface area contributed by atoms with Crippen molar-refractivity contribution in [3.05, 3.63) is 119 Å². The molecule has 0 aliphatic carbocycles. The van der Waals surface area contributed by atoms with Gasteiger partial charge in [-0.2, -0.15) is 0 Å². The van der Waals surface area contributed by atoms with Crippen LogP contribution in [0, 0.1) is 0 Å². The minimum atomic E-state index is -1.42. The van der Waals surface area contributed by atoms with Crippen LogP contribution in [0.25, 0.3) is 0 Å². The quantitative estimate of drug-likeness (QED) is 0.0751. The minimum Gasteiger partial charge on any atom is -0.497 e. The van der Waals surface area contributed by atoms with E-state index in [0.29, 0.717) is 25.7 Å².